The molecule has 1 aromatic carbocycles. The second-order valence-electron chi connectivity index (χ2n) is 5.73. The van der Waals surface area contributed by atoms with Crippen LogP contribution < -0.4 is 14.9 Å². The number of aliphatic carboxylic acids is 1. The topological polar surface area (TPSA) is 123 Å². The number of benzene rings is 1. The smallest absolute Gasteiger partial charge is 0.341 e. The second-order valence-corrected chi connectivity index (χ2v) is 7.08. The number of methoxy groups -OCH3 is 1. The van der Waals surface area contributed by atoms with E-state index in [1.807, 2.05) is 19.9 Å². The number of hydrazone groups is 1. The molecule has 2 rings (SSSR count). The van der Waals surface area contributed by atoms with Gasteiger partial charge in [-0.15, -0.1) is 0 Å². The van der Waals surface area contributed by atoms with Crippen LogP contribution in [0.1, 0.15) is 17.0 Å². The number of carbonyl (C=O) groups is 2. The van der Waals surface area contributed by atoms with Gasteiger partial charge in [-0.2, -0.15) is 5.10 Å². The molecule has 0 aliphatic carbocycles. The minimum absolute atomic E-state index is 0.103. The van der Waals surface area contributed by atoms with Crippen LogP contribution >= 0.6 is 23.4 Å². The van der Waals surface area contributed by atoms with Gasteiger partial charge in [0.25, 0.3) is 5.91 Å². The van der Waals surface area contributed by atoms with Crippen LogP contribution in [0.4, 0.5) is 0 Å². The van der Waals surface area contributed by atoms with E-state index in [9.17, 15) is 9.59 Å². The summed E-state index contributed by atoms with van der Waals surface area (Å²) in [6, 6.07) is 4.91. The average Bonchev–Trinajstić information content (AvgIpc) is 2.64. The summed E-state index contributed by atoms with van der Waals surface area (Å²) in [5.74, 6) is -1.00. The molecule has 2 N–H and O–H groups in total. The van der Waals surface area contributed by atoms with Crippen molar-refractivity contribution in [1.29, 1.82) is 0 Å². The van der Waals surface area contributed by atoms with Crippen molar-refractivity contribution < 1.29 is 24.2 Å². The SMILES string of the molecule is COc1cc(/C=N\NC(=O)CSc2nc(C)cc(C)n2)cc(Cl)c1OCC(=O)O. The highest BCUT2D eigenvalue weighted by molar-refractivity contribution is 7.99. The minimum atomic E-state index is -1.14. The number of carboxylic acid groups (broad SMARTS) is 1. The third-order valence-corrected chi connectivity index (χ3v) is 4.42. The Bertz CT molecular complexity index is 918. The maximum Gasteiger partial charge on any atom is 0.341 e. The Labute approximate surface area is 176 Å². The van der Waals surface area contributed by atoms with Crippen molar-refractivity contribution in [3.63, 3.8) is 0 Å². The lowest BCUT2D eigenvalue weighted by atomic mass is 10.2. The van der Waals surface area contributed by atoms with Crippen LogP contribution in [0.2, 0.25) is 5.02 Å². The van der Waals surface area contributed by atoms with Gasteiger partial charge >= 0.3 is 5.97 Å². The van der Waals surface area contributed by atoms with E-state index in [1.54, 1.807) is 6.07 Å². The fraction of sp³-hybridized carbons (Fsp3) is 0.278. The van der Waals surface area contributed by atoms with Crippen LogP contribution in [0.5, 0.6) is 11.5 Å². The molecule has 0 bridgehead atoms. The number of aromatic nitrogens is 2. The Morgan fingerprint density at radius 1 is 1.28 bits per heavy atom. The standard InChI is InChI=1S/C18H19ClN4O5S/c1-10-4-11(2)22-18(21-10)29-9-15(24)23-20-7-12-5-13(19)17(14(6-12)27-3)28-8-16(25)26/h4-7H,8-9H2,1-3H3,(H,23,24)(H,25,26)/b20-7-. The molecule has 0 radical (unpaired) electrons. The molecule has 29 heavy (non-hydrogen) atoms. The van der Waals surface area contributed by atoms with Gasteiger partial charge in [-0.05, 0) is 37.6 Å². The van der Waals surface area contributed by atoms with Crippen LogP contribution in [0.3, 0.4) is 0 Å². The molecule has 2 aromatic rings. The van der Waals surface area contributed by atoms with Crippen LogP contribution in [-0.4, -0.2) is 52.6 Å². The maximum absolute atomic E-state index is 11.9. The third kappa shape index (κ3) is 7.24. The predicted octanol–water partition coefficient (Wildman–Crippen LogP) is 2.46. The molecule has 0 unspecified atom stereocenters. The number of hydrogen-bond acceptors (Lipinski definition) is 8. The minimum Gasteiger partial charge on any atom is -0.493 e. The van der Waals surface area contributed by atoms with Gasteiger partial charge in [-0.1, -0.05) is 23.4 Å². The highest BCUT2D eigenvalue weighted by atomic mass is 35.5. The Hall–Kier alpha value is -2.85. The summed E-state index contributed by atoms with van der Waals surface area (Å²) in [6.45, 7) is 3.17. The summed E-state index contributed by atoms with van der Waals surface area (Å²) >= 11 is 7.32. The van der Waals surface area contributed by atoms with E-state index < -0.39 is 12.6 Å². The van der Waals surface area contributed by atoms with E-state index in [-0.39, 0.29) is 28.2 Å². The summed E-state index contributed by atoms with van der Waals surface area (Å²) in [5.41, 5.74) is 4.60. The number of nitrogens with one attached hydrogen (secondary N) is 1. The van der Waals surface area contributed by atoms with Crippen molar-refractivity contribution in [3.8, 4) is 11.5 Å². The van der Waals surface area contributed by atoms with Crippen molar-refractivity contribution in [2.75, 3.05) is 19.5 Å². The van der Waals surface area contributed by atoms with Crippen molar-refractivity contribution in [3.05, 3.63) is 40.2 Å². The van der Waals surface area contributed by atoms with Crippen LogP contribution in [-0.2, 0) is 9.59 Å². The Kier molecular flexibility index (Phi) is 8.22. The lowest BCUT2D eigenvalue weighted by molar-refractivity contribution is -0.139. The fourth-order valence-electron chi connectivity index (χ4n) is 2.19. The van der Waals surface area contributed by atoms with E-state index in [0.717, 1.165) is 11.4 Å². The molecule has 0 saturated heterocycles. The molecule has 9 nitrogen and oxygen atoms in total. The summed E-state index contributed by atoms with van der Waals surface area (Å²) in [4.78, 5) is 31.1. The van der Waals surface area contributed by atoms with Crippen LogP contribution in [0.15, 0.2) is 28.5 Å². The van der Waals surface area contributed by atoms with Gasteiger partial charge in [-0.3, -0.25) is 4.79 Å². The number of ether oxygens (including phenoxy) is 2. The quantitative estimate of drug-likeness (QED) is 0.265. The molecule has 1 heterocycles. The number of carboxylic acids is 1. The van der Waals surface area contributed by atoms with Gasteiger partial charge < -0.3 is 14.6 Å². The average molecular weight is 439 g/mol. The Morgan fingerprint density at radius 2 is 1.97 bits per heavy atom. The van der Waals surface area contributed by atoms with E-state index in [2.05, 4.69) is 20.5 Å². The first-order chi connectivity index (χ1) is 13.8. The molecule has 0 aliphatic heterocycles. The van der Waals surface area contributed by atoms with Crippen LogP contribution in [0.25, 0.3) is 0 Å². The fourth-order valence-corrected chi connectivity index (χ4v) is 3.20. The van der Waals surface area contributed by atoms with Gasteiger partial charge in [-0.25, -0.2) is 20.2 Å². The second kappa shape index (κ2) is 10.6. The van der Waals surface area contributed by atoms with Gasteiger partial charge in [0.1, 0.15) is 0 Å². The summed E-state index contributed by atoms with van der Waals surface area (Å²) in [7, 11) is 1.40. The molecular weight excluding hydrogens is 420 g/mol. The predicted molar refractivity (Wildman–Crippen MR) is 109 cm³/mol. The summed E-state index contributed by atoms with van der Waals surface area (Å²) in [5, 5.41) is 13.3. The van der Waals surface area contributed by atoms with Crippen molar-refractivity contribution in [2.45, 2.75) is 19.0 Å². The van der Waals surface area contributed by atoms with Crippen LogP contribution in [0, 0.1) is 13.8 Å². The van der Waals surface area contributed by atoms with E-state index in [4.69, 9.17) is 26.2 Å². The molecular formula is C18H19ClN4O5S. The van der Waals surface area contributed by atoms with Gasteiger partial charge in [0, 0.05) is 11.4 Å². The molecule has 1 amide bonds. The van der Waals surface area contributed by atoms with Gasteiger partial charge in [0.15, 0.2) is 23.3 Å². The number of halogens is 1. The maximum atomic E-state index is 11.9. The zero-order chi connectivity index (χ0) is 21.4. The van der Waals surface area contributed by atoms with Crippen molar-refractivity contribution in [2.24, 2.45) is 5.10 Å². The zero-order valence-electron chi connectivity index (χ0n) is 15.9. The first-order valence-corrected chi connectivity index (χ1v) is 9.64. The van der Waals surface area contributed by atoms with Crippen molar-refractivity contribution in [1.82, 2.24) is 15.4 Å². The molecule has 154 valence electrons. The highest BCUT2D eigenvalue weighted by Gasteiger charge is 2.13. The monoisotopic (exact) mass is 438 g/mol. The lowest BCUT2D eigenvalue weighted by Gasteiger charge is -2.11. The number of carbonyl (C=O) groups excluding carboxylic acids is 1. The molecule has 11 heteroatoms. The zero-order valence-corrected chi connectivity index (χ0v) is 17.5. The first kappa shape index (κ1) is 22.4. The molecule has 0 spiro atoms. The van der Waals surface area contributed by atoms with E-state index in [0.29, 0.717) is 10.7 Å². The molecule has 0 fully saturated rings. The van der Waals surface area contributed by atoms with Gasteiger partial charge in [0.2, 0.25) is 0 Å². The molecule has 0 aliphatic rings. The molecule has 0 atom stereocenters. The summed E-state index contributed by atoms with van der Waals surface area (Å²) < 4.78 is 10.3. The molecule has 0 saturated carbocycles. The number of nitrogens with zero attached hydrogens (tertiary/aromatic N) is 3. The highest BCUT2D eigenvalue weighted by Crippen LogP contribution is 2.36. The Morgan fingerprint density at radius 3 is 2.59 bits per heavy atom. The van der Waals surface area contributed by atoms with E-state index in [1.165, 1.54) is 31.2 Å². The number of amides is 1. The Balaban J connectivity index is 1.95. The lowest BCUT2D eigenvalue weighted by Crippen LogP contribution is -2.19. The molecule has 1 aromatic heterocycles. The number of thioether (sulfide) groups is 1. The number of aryl methyl sites for hydroxylation is 2. The van der Waals surface area contributed by atoms with Gasteiger partial charge in [0.05, 0.1) is 24.1 Å². The summed E-state index contributed by atoms with van der Waals surface area (Å²) in [6.07, 6.45) is 1.38. The normalized spacial score (nSPS) is 10.8. The largest absolute Gasteiger partial charge is 0.493 e. The number of hydrogen-bond donors (Lipinski definition) is 2. The van der Waals surface area contributed by atoms with E-state index >= 15 is 0 Å². The van der Waals surface area contributed by atoms with Crippen molar-refractivity contribution >= 4 is 41.5 Å². The third-order valence-electron chi connectivity index (χ3n) is 3.29. The number of rotatable bonds is 9. The first-order valence-electron chi connectivity index (χ1n) is 8.27.